The highest BCUT2D eigenvalue weighted by molar-refractivity contribution is 5.92. The molecule has 0 heterocycles. The van der Waals surface area contributed by atoms with Gasteiger partial charge < -0.3 is 10.6 Å². The molecule has 0 saturated heterocycles. The van der Waals surface area contributed by atoms with Crippen LogP contribution in [0.4, 0.5) is 10.1 Å². The highest BCUT2D eigenvalue weighted by Gasteiger charge is 2.45. The molecule has 1 fully saturated rings. The fraction of sp³-hybridized carbons (Fsp3) is 0.462. The molecule has 1 amide bonds. The van der Waals surface area contributed by atoms with E-state index < -0.39 is 5.82 Å². The molecular weight excluding hydrogens is 219 g/mol. The number of anilines is 1. The second kappa shape index (κ2) is 4.45. The van der Waals surface area contributed by atoms with Crippen LogP contribution in [0.25, 0.3) is 0 Å². The van der Waals surface area contributed by atoms with Gasteiger partial charge in [0, 0.05) is 6.04 Å². The average Bonchev–Trinajstić information content (AvgIpc) is 2.87. The predicted octanol–water partition coefficient (Wildman–Crippen LogP) is 2.15. The Morgan fingerprint density at radius 3 is 2.71 bits per heavy atom. The van der Waals surface area contributed by atoms with Crippen LogP contribution in [-0.4, -0.2) is 18.5 Å². The molecule has 1 aliphatic rings. The summed E-state index contributed by atoms with van der Waals surface area (Å²) in [6, 6.07) is 6.56. The third-order valence-electron chi connectivity index (χ3n) is 3.17. The molecule has 0 radical (unpaired) electrons. The van der Waals surface area contributed by atoms with Crippen molar-refractivity contribution in [3.63, 3.8) is 0 Å². The van der Waals surface area contributed by atoms with E-state index in [2.05, 4.69) is 24.5 Å². The minimum atomic E-state index is -0.410. The quantitative estimate of drug-likeness (QED) is 0.841. The summed E-state index contributed by atoms with van der Waals surface area (Å²) in [4.78, 5) is 11.6. The molecule has 1 atom stereocenters. The lowest BCUT2D eigenvalue weighted by atomic mass is 10.2. The maximum atomic E-state index is 13.2. The summed E-state index contributed by atoms with van der Waals surface area (Å²) >= 11 is 0. The number of carbonyl (C=O) groups is 1. The Bertz CT molecular complexity index is 431. The van der Waals surface area contributed by atoms with Crippen molar-refractivity contribution in [2.75, 3.05) is 11.9 Å². The minimum Gasteiger partial charge on any atom is -0.322 e. The van der Waals surface area contributed by atoms with Crippen LogP contribution >= 0.6 is 0 Å². The third kappa shape index (κ3) is 3.03. The Labute approximate surface area is 100 Å². The van der Waals surface area contributed by atoms with Crippen LogP contribution in [0, 0.1) is 11.2 Å². The van der Waals surface area contributed by atoms with Gasteiger partial charge in [-0.1, -0.05) is 26.0 Å². The zero-order chi connectivity index (χ0) is 12.5. The summed E-state index contributed by atoms with van der Waals surface area (Å²) in [5.74, 6) is -0.620. The van der Waals surface area contributed by atoms with E-state index in [0.717, 1.165) is 6.42 Å². The summed E-state index contributed by atoms with van der Waals surface area (Å²) in [5.41, 5.74) is 0.521. The molecule has 0 aromatic heterocycles. The Morgan fingerprint density at radius 1 is 1.47 bits per heavy atom. The zero-order valence-electron chi connectivity index (χ0n) is 10.1. The summed E-state index contributed by atoms with van der Waals surface area (Å²) in [6.45, 7) is 4.53. The lowest BCUT2D eigenvalue weighted by Crippen LogP contribution is -2.31. The highest BCUT2D eigenvalue weighted by atomic mass is 19.1. The summed E-state index contributed by atoms with van der Waals surface area (Å²) in [7, 11) is 0. The molecule has 1 aliphatic carbocycles. The van der Waals surface area contributed by atoms with E-state index in [0.29, 0.717) is 6.04 Å². The van der Waals surface area contributed by atoms with Crippen LogP contribution in [-0.2, 0) is 4.79 Å². The minimum absolute atomic E-state index is 0.210. The van der Waals surface area contributed by atoms with Gasteiger partial charge in [0.05, 0.1) is 12.2 Å². The first-order valence-corrected chi connectivity index (χ1v) is 5.77. The van der Waals surface area contributed by atoms with Gasteiger partial charge in [-0.3, -0.25) is 4.79 Å². The normalized spacial score (nSPS) is 21.0. The SMILES string of the molecule is CC1(C)CC1NCC(=O)Nc1ccccc1F. The first-order valence-electron chi connectivity index (χ1n) is 5.77. The summed E-state index contributed by atoms with van der Waals surface area (Å²) in [6.07, 6.45) is 1.08. The van der Waals surface area contributed by atoms with Crippen molar-refractivity contribution in [2.45, 2.75) is 26.3 Å². The average molecular weight is 236 g/mol. The lowest BCUT2D eigenvalue weighted by Gasteiger charge is -2.08. The maximum Gasteiger partial charge on any atom is 0.238 e. The van der Waals surface area contributed by atoms with Crippen LogP contribution in [0.3, 0.4) is 0 Å². The van der Waals surface area contributed by atoms with Gasteiger partial charge in [-0.05, 0) is 24.0 Å². The molecule has 0 spiro atoms. The first kappa shape index (κ1) is 12.0. The smallest absolute Gasteiger partial charge is 0.238 e. The fourth-order valence-electron chi connectivity index (χ4n) is 1.79. The number of hydrogen-bond acceptors (Lipinski definition) is 2. The van der Waals surface area contributed by atoms with E-state index >= 15 is 0 Å². The Morgan fingerprint density at radius 2 is 2.12 bits per heavy atom. The number of rotatable bonds is 4. The van der Waals surface area contributed by atoms with Crippen LogP contribution in [0.2, 0.25) is 0 Å². The van der Waals surface area contributed by atoms with Crippen molar-refractivity contribution in [1.82, 2.24) is 5.32 Å². The second-order valence-corrected chi connectivity index (χ2v) is 5.15. The van der Waals surface area contributed by atoms with Gasteiger partial charge in [0.1, 0.15) is 5.82 Å². The molecule has 4 heteroatoms. The Hall–Kier alpha value is -1.42. The monoisotopic (exact) mass is 236 g/mol. The number of benzene rings is 1. The van der Waals surface area contributed by atoms with Crippen LogP contribution in [0.5, 0.6) is 0 Å². The molecule has 2 rings (SSSR count). The predicted molar refractivity (Wildman–Crippen MR) is 65.2 cm³/mol. The molecule has 17 heavy (non-hydrogen) atoms. The van der Waals surface area contributed by atoms with Gasteiger partial charge in [-0.2, -0.15) is 0 Å². The first-order chi connectivity index (χ1) is 7.99. The zero-order valence-corrected chi connectivity index (χ0v) is 10.1. The number of para-hydroxylation sites is 1. The van der Waals surface area contributed by atoms with E-state index in [9.17, 15) is 9.18 Å². The van der Waals surface area contributed by atoms with Crippen LogP contribution in [0.15, 0.2) is 24.3 Å². The molecule has 1 unspecified atom stereocenters. The number of carbonyl (C=O) groups excluding carboxylic acids is 1. The van der Waals surface area contributed by atoms with E-state index in [-0.39, 0.29) is 23.6 Å². The Balaban J connectivity index is 1.80. The molecule has 92 valence electrons. The van der Waals surface area contributed by atoms with Crippen molar-refractivity contribution in [3.8, 4) is 0 Å². The lowest BCUT2D eigenvalue weighted by molar-refractivity contribution is -0.115. The molecule has 1 aromatic rings. The third-order valence-corrected chi connectivity index (χ3v) is 3.17. The molecule has 1 saturated carbocycles. The molecule has 1 aromatic carbocycles. The second-order valence-electron chi connectivity index (χ2n) is 5.15. The van der Waals surface area contributed by atoms with Gasteiger partial charge in [-0.25, -0.2) is 4.39 Å². The van der Waals surface area contributed by atoms with Crippen molar-refractivity contribution in [2.24, 2.45) is 5.41 Å². The number of amides is 1. The van der Waals surface area contributed by atoms with Crippen molar-refractivity contribution < 1.29 is 9.18 Å². The molecular formula is C13H17FN2O. The number of hydrogen-bond donors (Lipinski definition) is 2. The topological polar surface area (TPSA) is 41.1 Å². The number of halogens is 1. The van der Waals surface area contributed by atoms with Crippen molar-refractivity contribution in [1.29, 1.82) is 0 Å². The van der Waals surface area contributed by atoms with Gasteiger partial charge in [0.25, 0.3) is 0 Å². The van der Waals surface area contributed by atoms with Gasteiger partial charge in [-0.15, -0.1) is 0 Å². The maximum absolute atomic E-state index is 13.2. The van der Waals surface area contributed by atoms with E-state index in [1.54, 1.807) is 18.2 Å². The van der Waals surface area contributed by atoms with Gasteiger partial charge in [0.2, 0.25) is 5.91 Å². The highest BCUT2D eigenvalue weighted by Crippen LogP contribution is 2.44. The van der Waals surface area contributed by atoms with Crippen molar-refractivity contribution in [3.05, 3.63) is 30.1 Å². The fourth-order valence-corrected chi connectivity index (χ4v) is 1.79. The van der Waals surface area contributed by atoms with Gasteiger partial charge >= 0.3 is 0 Å². The van der Waals surface area contributed by atoms with Gasteiger partial charge in [0.15, 0.2) is 0 Å². The van der Waals surface area contributed by atoms with Crippen LogP contribution < -0.4 is 10.6 Å². The molecule has 0 aliphatic heterocycles. The number of nitrogens with one attached hydrogen (secondary N) is 2. The summed E-state index contributed by atoms with van der Waals surface area (Å²) < 4.78 is 13.2. The largest absolute Gasteiger partial charge is 0.322 e. The molecule has 3 nitrogen and oxygen atoms in total. The van der Waals surface area contributed by atoms with E-state index in [4.69, 9.17) is 0 Å². The van der Waals surface area contributed by atoms with Crippen molar-refractivity contribution >= 4 is 11.6 Å². The molecule has 2 N–H and O–H groups in total. The molecule has 0 bridgehead atoms. The van der Waals surface area contributed by atoms with Crippen LogP contribution in [0.1, 0.15) is 20.3 Å². The van der Waals surface area contributed by atoms with E-state index in [1.165, 1.54) is 6.07 Å². The van der Waals surface area contributed by atoms with E-state index in [1.807, 2.05) is 0 Å². The Kier molecular flexibility index (Phi) is 3.15. The summed E-state index contributed by atoms with van der Waals surface area (Å²) in [5, 5.41) is 5.70. The standard InChI is InChI=1S/C13H17FN2O/c1-13(2)7-11(13)15-8-12(17)16-10-6-4-3-5-9(10)14/h3-6,11,15H,7-8H2,1-2H3,(H,16,17).